The van der Waals surface area contributed by atoms with Crippen LogP contribution in [0.15, 0.2) is 52.9 Å². The van der Waals surface area contributed by atoms with Crippen LogP contribution in [0.5, 0.6) is 5.75 Å². The molecule has 2 saturated carbocycles. The first-order valence-corrected chi connectivity index (χ1v) is 17.5. The largest absolute Gasteiger partial charge is 0.506 e. The molecule has 0 bridgehead atoms. The minimum atomic E-state index is -2.79. The van der Waals surface area contributed by atoms with Gasteiger partial charge in [-0.25, -0.2) is 0 Å². The minimum absolute atomic E-state index is 0.0197. The number of phenols is 1. The Morgan fingerprint density at radius 1 is 0.942 bits per heavy atom. The molecule has 1 amide bonds. The zero-order valence-electron chi connectivity index (χ0n) is 30.5. The fraction of sp³-hybridized carbons (Fsp3) is 0.462. The number of phenolic OH excluding ortho intramolecular Hbond substituents is 1. The van der Waals surface area contributed by atoms with E-state index in [2.05, 4.69) is 21.9 Å². The number of aromatic hydroxyl groups is 1. The number of furan rings is 1. The van der Waals surface area contributed by atoms with Gasteiger partial charge >= 0.3 is 0 Å². The van der Waals surface area contributed by atoms with E-state index in [0.29, 0.717) is 35.9 Å². The van der Waals surface area contributed by atoms with Crippen LogP contribution in [-0.2, 0) is 38.7 Å². The van der Waals surface area contributed by atoms with Gasteiger partial charge in [-0.1, -0.05) is 30.3 Å². The second-order valence-electron chi connectivity index (χ2n) is 15.1. The summed E-state index contributed by atoms with van der Waals surface area (Å²) in [6.07, 6.45) is 0.144. The third-order valence-corrected chi connectivity index (χ3v) is 10.9. The number of carbonyl (C=O) groups excluding carboxylic acids is 5. The summed E-state index contributed by atoms with van der Waals surface area (Å²) in [4.78, 5) is 75.8. The Labute approximate surface area is 302 Å². The lowest BCUT2D eigenvalue weighted by Crippen LogP contribution is -2.74. The van der Waals surface area contributed by atoms with E-state index in [1.54, 1.807) is 26.2 Å². The Hall–Kier alpha value is -4.69. The smallest absolute Gasteiger partial charge is 0.235 e. The number of fused-ring (bicyclic) bond motifs is 3. The standard InChI is InChI=1S/C39H47N5O8/c1-41(2)14-15-44(19-21-10-8-7-9-11-21)20-23-12-13-28(52-23)25-18-27(42(3)4)24-16-22-17-26-32(43(5)6)35(47)31(38(40)50)37(49)39(26,51)36(48)29(22)34(46)30(24)33(25)45/h7-13,18,22,26,29,31-32,45,51H,14-17,19-20H2,1-6H3,(H2,40,50)/t22-,26-,29?,31?,32?,39-/m0/s1. The number of primary amides is 1. The predicted molar refractivity (Wildman–Crippen MR) is 192 cm³/mol. The van der Waals surface area contributed by atoms with Crippen LogP contribution in [-0.4, -0.2) is 121 Å². The number of nitrogens with zero attached hydrogens (tertiary/aromatic N) is 4. The number of ketones is 4. The molecule has 0 saturated heterocycles. The van der Waals surface area contributed by atoms with Gasteiger partial charge in [0.2, 0.25) is 5.91 Å². The number of benzene rings is 2. The average Bonchev–Trinajstić information content (AvgIpc) is 3.53. The van der Waals surface area contributed by atoms with Gasteiger partial charge in [0.1, 0.15) is 17.3 Å². The summed E-state index contributed by atoms with van der Waals surface area (Å²) < 4.78 is 6.32. The summed E-state index contributed by atoms with van der Waals surface area (Å²) in [5.74, 6) is -9.93. The maximum atomic E-state index is 14.5. The van der Waals surface area contributed by atoms with E-state index < -0.39 is 64.4 Å². The van der Waals surface area contributed by atoms with E-state index in [-0.39, 0.29) is 29.7 Å². The molecule has 276 valence electrons. The number of anilines is 1. The quantitative estimate of drug-likeness (QED) is 0.246. The molecule has 0 radical (unpaired) electrons. The summed E-state index contributed by atoms with van der Waals surface area (Å²) >= 11 is 0. The fourth-order valence-corrected chi connectivity index (χ4v) is 8.46. The van der Waals surface area contributed by atoms with E-state index in [4.69, 9.17) is 10.2 Å². The van der Waals surface area contributed by atoms with Crippen molar-refractivity contribution in [2.75, 3.05) is 60.3 Å². The van der Waals surface area contributed by atoms with Crippen molar-refractivity contribution in [3.05, 3.63) is 71.0 Å². The number of carbonyl (C=O) groups is 5. The lowest BCUT2D eigenvalue weighted by atomic mass is 9.52. The predicted octanol–water partition coefficient (Wildman–Crippen LogP) is 1.76. The van der Waals surface area contributed by atoms with Gasteiger partial charge in [0.25, 0.3) is 0 Å². The number of hydrogen-bond donors (Lipinski definition) is 3. The lowest BCUT2D eigenvalue weighted by molar-refractivity contribution is -0.181. The second kappa shape index (κ2) is 14.0. The van der Waals surface area contributed by atoms with Crippen LogP contribution in [0.3, 0.4) is 0 Å². The first-order valence-electron chi connectivity index (χ1n) is 17.5. The van der Waals surface area contributed by atoms with Crippen molar-refractivity contribution in [2.24, 2.45) is 29.4 Å². The van der Waals surface area contributed by atoms with Gasteiger partial charge in [0.15, 0.2) is 34.7 Å². The van der Waals surface area contributed by atoms with Gasteiger partial charge in [-0.15, -0.1) is 0 Å². The minimum Gasteiger partial charge on any atom is -0.506 e. The van der Waals surface area contributed by atoms with E-state index in [1.807, 2.05) is 57.4 Å². The highest BCUT2D eigenvalue weighted by atomic mass is 16.3. The van der Waals surface area contributed by atoms with Gasteiger partial charge in [-0.2, -0.15) is 0 Å². The van der Waals surface area contributed by atoms with Gasteiger partial charge in [-0.3, -0.25) is 33.8 Å². The Morgan fingerprint density at radius 2 is 1.63 bits per heavy atom. The molecule has 3 aliphatic carbocycles. The summed E-state index contributed by atoms with van der Waals surface area (Å²) in [6, 6.07) is 14.3. The zero-order chi connectivity index (χ0) is 37.8. The van der Waals surface area contributed by atoms with Crippen molar-refractivity contribution in [1.82, 2.24) is 14.7 Å². The molecule has 2 fully saturated rings. The van der Waals surface area contributed by atoms with Gasteiger partial charge in [0, 0.05) is 45.3 Å². The van der Waals surface area contributed by atoms with Crippen molar-refractivity contribution < 1.29 is 38.6 Å². The molecule has 3 aliphatic rings. The van der Waals surface area contributed by atoms with Crippen molar-refractivity contribution in [1.29, 1.82) is 0 Å². The SMILES string of the molecule is CN(C)CCN(Cc1ccccc1)Cc1ccc(-c2cc(N(C)C)c3c(c2O)C(=O)C2C(=O)[C@]4(O)C(=O)C(C(N)=O)C(=O)C(N(C)C)[C@@H]4C[C@@H]2C3)o1. The van der Waals surface area contributed by atoms with Crippen molar-refractivity contribution in [3.8, 4) is 17.1 Å². The highest BCUT2D eigenvalue weighted by Gasteiger charge is 2.69. The number of rotatable bonds is 11. The van der Waals surface area contributed by atoms with Gasteiger partial charge in [-0.05, 0) is 76.3 Å². The van der Waals surface area contributed by atoms with Crippen molar-refractivity contribution >= 4 is 34.7 Å². The molecule has 6 atom stereocenters. The van der Waals surface area contributed by atoms with Crippen LogP contribution in [0.2, 0.25) is 0 Å². The van der Waals surface area contributed by atoms with Crippen molar-refractivity contribution in [2.45, 2.75) is 37.6 Å². The summed E-state index contributed by atoms with van der Waals surface area (Å²) in [5, 5.41) is 23.8. The molecule has 13 heteroatoms. The number of amides is 1. The Kier molecular flexibility index (Phi) is 10.0. The third kappa shape index (κ3) is 6.25. The van der Waals surface area contributed by atoms with Crippen LogP contribution in [0.25, 0.3) is 11.3 Å². The second-order valence-corrected chi connectivity index (χ2v) is 15.1. The molecule has 1 heterocycles. The maximum absolute atomic E-state index is 14.5. The van der Waals surface area contributed by atoms with E-state index >= 15 is 0 Å². The molecule has 4 N–H and O–H groups in total. The molecular weight excluding hydrogens is 666 g/mol. The van der Waals surface area contributed by atoms with Gasteiger partial charge < -0.3 is 30.2 Å². The Bertz CT molecular complexity index is 1920. The topological polar surface area (TPSA) is 178 Å². The molecule has 1 aromatic heterocycles. The molecule has 6 rings (SSSR count). The van der Waals surface area contributed by atoms with Crippen LogP contribution in [0, 0.1) is 23.7 Å². The highest BCUT2D eigenvalue weighted by Crippen LogP contribution is 2.53. The lowest BCUT2D eigenvalue weighted by Gasteiger charge is -2.52. The Morgan fingerprint density at radius 3 is 2.25 bits per heavy atom. The Balaban J connectivity index is 1.37. The zero-order valence-corrected chi connectivity index (χ0v) is 30.5. The normalized spacial score (nSPS) is 25.8. The molecule has 2 aromatic carbocycles. The maximum Gasteiger partial charge on any atom is 0.235 e. The number of likely N-dealkylation sites (N-methyl/N-ethyl adjacent to an activating group) is 2. The fourth-order valence-electron chi connectivity index (χ4n) is 8.46. The van der Waals surface area contributed by atoms with E-state index in [1.165, 1.54) is 4.90 Å². The van der Waals surface area contributed by atoms with Gasteiger partial charge in [0.05, 0.1) is 29.6 Å². The molecule has 3 aromatic rings. The van der Waals surface area contributed by atoms with Crippen LogP contribution < -0.4 is 10.6 Å². The number of aliphatic hydroxyl groups is 1. The molecule has 3 unspecified atom stereocenters. The molecular formula is C39H47N5O8. The van der Waals surface area contributed by atoms with Crippen LogP contribution in [0.1, 0.15) is 33.7 Å². The van der Waals surface area contributed by atoms with E-state index in [9.17, 15) is 34.2 Å². The first kappa shape index (κ1) is 37.1. The molecule has 0 spiro atoms. The summed E-state index contributed by atoms with van der Waals surface area (Å²) in [7, 11) is 10.8. The average molecular weight is 714 g/mol. The number of Topliss-reactive ketones (excluding diaryl/α,β-unsaturated/α-hetero) is 4. The molecule has 0 aliphatic heterocycles. The highest BCUT2D eigenvalue weighted by molar-refractivity contribution is 6.32. The number of hydrogen-bond acceptors (Lipinski definition) is 12. The monoisotopic (exact) mass is 713 g/mol. The van der Waals surface area contributed by atoms with Crippen LogP contribution in [0.4, 0.5) is 5.69 Å². The number of nitrogens with two attached hydrogens (primary N) is 1. The van der Waals surface area contributed by atoms with Crippen LogP contribution >= 0.6 is 0 Å². The molecule has 13 nitrogen and oxygen atoms in total. The third-order valence-electron chi connectivity index (χ3n) is 10.9. The summed E-state index contributed by atoms with van der Waals surface area (Å²) in [6.45, 7) is 2.79. The molecule has 52 heavy (non-hydrogen) atoms. The van der Waals surface area contributed by atoms with Crippen molar-refractivity contribution in [3.63, 3.8) is 0 Å². The van der Waals surface area contributed by atoms with E-state index in [0.717, 1.165) is 18.7 Å². The first-order chi connectivity index (χ1) is 24.6. The summed E-state index contributed by atoms with van der Waals surface area (Å²) in [5.41, 5.74) is 5.14.